The summed E-state index contributed by atoms with van der Waals surface area (Å²) in [7, 11) is 0. The van der Waals surface area contributed by atoms with Crippen LogP contribution in [-0.4, -0.2) is 48.4 Å². The maximum atomic E-state index is 11.1. The van der Waals surface area contributed by atoms with Crippen molar-refractivity contribution in [2.75, 3.05) is 33.0 Å². The third kappa shape index (κ3) is 5.58. The first-order valence-electron chi connectivity index (χ1n) is 8.13. The first-order chi connectivity index (χ1) is 11.4. The van der Waals surface area contributed by atoms with Crippen molar-refractivity contribution in [3.63, 3.8) is 0 Å². The first-order valence-corrected chi connectivity index (χ1v) is 8.91. The van der Waals surface area contributed by atoms with Crippen LogP contribution in [0.5, 0.6) is 11.5 Å². The monoisotopic (exact) mass is 354 g/mol. The summed E-state index contributed by atoms with van der Waals surface area (Å²) in [6.07, 6.45) is 0.844. The van der Waals surface area contributed by atoms with Crippen LogP contribution in [0.15, 0.2) is 23.1 Å². The summed E-state index contributed by atoms with van der Waals surface area (Å²) in [5.41, 5.74) is 0.0437. The Morgan fingerprint density at radius 3 is 2.83 bits per heavy atom. The predicted octanol–water partition coefficient (Wildman–Crippen LogP) is 2.27. The molecule has 1 aromatic rings. The number of nitrogens with zero attached hydrogens (tertiary/aromatic N) is 1. The molecule has 2 rings (SSSR count). The minimum absolute atomic E-state index is 0.0437. The minimum Gasteiger partial charge on any atom is -0.454 e. The van der Waals surface area contributed by atoms with E-state index in [1.807, 2.05) is 18.2 Å². The summed E-state index contributed by atoms with van der Waals surface area (Å²) in [4.78, 5) is 12.2. The smallest absolute Gasteiger partial charge is 0.245 e. The Morgan fingerprint density at radius 1 is 1.38 bits per heavy atom. The van der Waals surface area contributed by atoms with Crippen LogP contribution < -0.4 is 14.8 Å². The molecule has 0 aromatic heterocycles. The average Bonchev–Trinajstić information content (AvgIpc) is 3.01. The second-order valence-corrected chi connectivity index (χ2v) is 7.66. The fraction of sp³-hybridized carbons (Fsp3) is 0.588. The number of rotatable bonds is 9. The van der Waals surface area contributed by atoms with Gasteiger partial charge >= 0.3 is 0 Å². The van der Waals surface area contributed by atoms with Crippen LogP contribution in [0.2, 0.25) is 0 Å². The second-order valence-electron chi connectivity index (χ2n) is 6.48. The van der Waals surface area contributed by atoms with Crippen LogP contribution in [0.4, 0.5) is 0 Å². The molecule has 1 aromatic carbocycles. The average molecular weight is 354 g/mol. The molecule has 2 N–H and O–H groups in total. The number of amides is 1. The number of nitrogens with one attached hydrogen (secondary N) is 1. The number of carbonyl (C=O) groups is 1. The maximum absolute atomic E-state index is 11.1. The number of benzene rings is 1. The molecular formula is C17H26N2O4S. The number of aliphatic hydroxyl groups is 1. The summed E-state index contributed by atoms with van der Waals surface area (Å²) in [5, 5.41) is 11.4. The maximum Gasteiger partial charge on any atom is 0.245 e. The molecule has 0 spiro atoms. The van der Waals surface area contributed by atoms with E-state index < -0.39 is 6.61 Å². The van der Waals surface area contributed by atoms with Gasteiger partial charge in [0.25, 0.3) is 0 Å². The Morgan fingerprint density at radius 2 is 2.12 bits per heavy atom. The topological polar surface area (TPSA) is 71.0 Å². The van der Waals surface area contributed by atoms with E-state index >= 15 is 0 Å². The first kappa shape index (κ1) is 18.9. The van der Waals surface area contributed by atoms with Gasteiger partial charge in [-0.25, -0.2) is 4.31 Å². The number of fused-ring (bicyclic) bond motifs is 1. The zero-order valence-electron chi connectivity index (χ0n) is 14.5. The molecule has 1 heterocycles. The van der Waals surface area contributed by atoms with Gasteiger partial charge in [-0.2, -0.15) is 0 Å². The van der Waals surface area contributed by atoms with E-state index in [0.29, 0.717) is 6.54 Å². The molecule has 24 heavy (non-hydrogen) atoms. The summed E-state index contributed by atoms with van der Waals surface area (Å²) in [6, 6.07) is 5.98. The molecule has 1 aliphatic heterocycles. The van der Waals surface area contributed by atoms with Crippen LogP contribution in [0, 0.1) is 5.41 Å². The van der Waals surface area contributed by atoms with Crippen molar-refractivity contribution in [3.05, 3.63) is 18.2 Å². The Kier molecular flexibility index (Phi) is 6.77. The number of hydrogen-bond donors (Lipinski definition) is 2. The van der Waals surface area contributed by atoms with Gasteiger partial charge in [0, 0.05) is 24.5 Å². The predicted molar refractivity (Wildman–Crippen MR) is 94.2 cm³/mol. The van der Waals surface area contributed by atoms with Crippen molar-refractivity contribution in [3.8, 4) is 11.5 Å². The third-order valence-corrected chi connectivity index (χ3v) is 4.91. The van der Waals surface area contributed by atoms with Crippen LogP contribution in [-0.2, 0) is 4.79 Å². The highest BCUT2D eigenvalue weighted by Crippen LogP contribution is 2.37. The van der Waals surface area contributed by atoms with Gasteiger partial charge in [0.2, 0.25) is 12.7 Å². The molecule has 7 heteroatoms. The SMILES string of the molecule is CCN(CC(C)(C)CCNC(=O)CO)Sc1ccc2c(c1)OCO2. The lowest BCUT2D eigenvalue weighted by atomic mass is 9.89. The highest BCUT2D eigenvalue weighted by molar-refractivity contribution is 7.97. The summed E-state index contributed by atoms with van der Waals surface area (Å²) >= 11 is 1.70. The highest BCUT2D eigenvalue weighted by atomic mass is 32.2. The standard InChI is InChI=1S/C17H26N2O4S/c1-4-19(11-17(2,3)7-8-18-16(21)10-20)24-13-5-6-14-15(9-13)23-12-22-14/h5-6,9,20H,4,7-8,10-12H2,1-3H3,(H,18,21). The molecule has 0 aliphatic carbocycles. The Labute approximate surface area is 147 Å². The second kappa shape index (κ2) is 8.60. The molecule has 0 radical (unpaired) electrons. The van der Waals surface area contributed by atoms with E-state index in [2.05, 4.69) is 30.4 Å². The minimum atomic E-state index is -0.457. The summed E-state index contributed by atoms with van der Waals surface area (Å²) in [6.45, 7) is 8.68. The van der Waals surface area contributed by atoms with Gasteiger partial charge in [-0.05, 0) is 42.0 Å². The van der Waals surface area contributed by atoms with Crippen LogP contribution in [0.1, 0.15) is 27.2 Å². The Bertz CT molecular complexity index is 566. The lowest BCUT2D eigenvalue weighted by Gasteiger charge is -2.31. The molecular weight excluding hydrogens is 328 g/mol. The number of carbonyl (C=O) groups excluding carboxylic acids is 1. The summed E-state index contributed by atoms with van der Waals surface area (Å²) < 4.78 is 13.1. The number of hydrogen-bond acceptors (Lipinski definition) is 6. The Balaban J connectivity index is 1.87. The zero-order valence-corrected chi connectivity index (χ0v) is 15.3. The van der Waals surface area contributed by atoms with Crippen LogP contribution in [0.3, 0.4) is 0 Å². The molecule has 1 amide bonds. The van der Waals surface area contributed by atoms with Gasteiger partial charge in [0.1, 0.15) is 6.61 Å². The zero-order chi connectivity index (χ0) is 17.6. The summed E-state index contributed by atoms with van der Waals surface area (Å²) in [5.74, 6) is 1.26. The van der Waals surface area contributed by atoms with E-state index in [1.54, 1.807) is 11.9 Å². The molecule has 1 aliphatic rings. The van der Waals surface area contributed by atoms with Gasteiger partial charge in [-0.1, -0.05) is 20.8 Å². The van der Waals surface area contributed by atoms with Crippen LogP contribution >= 0.6 is 11.9 Å². The van der Waals surface area contributed by atoms with E-state index in [9.17, 15) is 4.79 Å². The molecule has 0 bridgehead atoms. The fourth-order valence-electron chi connectivity index (χ4n) is 2.44. The van der Waals surface area contributed by atoms with Crippen molar-refractivity contribution >= 4 is 17.9 Å². The van der Waals surface area contributed by atoms with Gasteiger partial charge in [-0.3, -0.25) is 4.79 Å². The lowest BCUT2D eigenvalue weighted by molar-refractivity contribution is -0.123. The van der Waals surface area contributed by atoms with Gasteiger partial charge in [0.15, 0.2) is 11.5 Å². The van der Waals surface area contributed by atoms with Crippen molar-refractivity contribution in [1.29, 1.82) is 0 Å². The molecule has 134 valence electrons. The normalized spacial score (nSPS) is 13.4. The van der Waals surface area contributed by atoms with Crippen molar-refractivity contribution in [1.82, 2.24) is 9.62 Å². The molecule has 0 unspecified atom stereocenters. The van der Waals surface area contributed by atoms with Crippen LogP contribution in [0.25, 0.3) is 0 Å². The quantitative estimate of drug-likeness (QED) is 0.663. The van der Waals surface area contributed by atoms with Gasteiger partial charge < -0.3 is 19.9 Å². The van der Waals surface area contributed by atoms with E-state index in [0.717, 1.165) is 35.9 Å². The van der Waals surface area contributed by atoms with Gasteiger partial charge in [0.05, 0.1) is 0 Å². The molecule has 0 saturated heterocycles. The molecule has 0 saturated carbocycles. The van der Waals surface area contributed by atoms with E-state index in [4.69, 9.17) is 14.6 Å². The van der Waals surface area contributed by atoms with E-state index in [-0.39, 0.29) is 18.1 Å². The Hall–Kier alpha value is -1.44. The van der Waals surface area contributed by atoms with Gasteiger partial charge in [-0.15, -0.1) is 0 Å². The number of ether oxygens (including phenoxy) is 2. The van der Waals surface area contributed by atoms with Crippen molar-refractivity contribution in [2.45, 2.75) is 32.1 Å². The van der Waals surface area contributed by atoms with Crippen molar-refractivity contribution in [2.24, 2.45) is 5.41 Å². The molecule has 0 fully saturated rings. The molecule has 0 atom stereocenters. The highest BCUT2D eigenvalue weighted by Gasteiger charge is 2.22. The number of aliphatic hydroxyl groups excluding tert-OH is 1. The third-order valence-electron chi connectivity index (χ3n) is 3.80. The fourth-order valence-corrected chi connectivity index (χ4v) is 3.57. The van der Waals surface area contributed by atoms with E-state index in [1.165, 1.54) is 0 Å². The largest absolute Gasteiger partial charge is 0.454 e. The lowest BCUT2D eigenvalue weighted by Crippen LogP contribution is -2.35. The van der Waals surface area contributed by atoms with Crippen molar-refractivity contribution < 1.29 is 19.4 Å². The molecule has 6 nitrogen and oxygen atoms in total.